The Labute approximate surface area is 125 Å². The molecule has 116 valence electrons. The quantitative estimate of drug-likeness (QED) is 0.744. The van der Waals surface area contributed by atoms with Crippen molar-refractivity contribution in [2.75, 3.05) is 19.8 Å². The molecule has 0 saturated heterocycles. The molecule has 2 unspecified atom stereocenters. The Balaban J connectivity index is 1.73. The second-order valence-corrected chi connectivity index (χ2v) is 5.64. The third-order valence-corrected chi connectivity index (χ3v) is 3.95. The van der Waals surface area contributed by atoms with Crippen molar-refractivity contribution >= 4 is 6.03 Å². The minimum Gasteiger partial charge on any atom is -0.493 e. The summed E-state index contributed by atoms with van der Waals surface area (Å²) >= 11 is 0. The molecule has 21 heavy (non-hydrogen) atoms. The first-order valence-electron chi connectivity index (χ1n) is 7.50. The van der Waals surface area contributed by atoms with Crippen molar-refractivity contribution < 1.29 is 14.6 Å². The average molecular weight is 292 g/mol. The van der Waals surface area contributed by atoms with Crippen molar-refractivity contribution in [2.45, 2.75) is 32.7 Å². The average Bonchev–Trinajstić information content (AvgIpc) is 2.93. The Morgan fingerprint density at radius 2 is 2.24 bits per heavy atom. The molecule has 1 aromatic carbocycles. The van der Waals surface area contributed by atoms with Gasteiger partial charge in [-0.25, -0.2) is 4.79 Å². The largest absolute Gasteiger partial charge is 0.493 e. The molecule has 0 aromatic heterocycles. The fourth-order valence-corrected chi connectivity index (χ4v) is 2.27. The van der Waals surface area contributed by atoms with Crippen molar-refractivity contribution in [1.29, 1.82) is 0 Å². The van der Waals surface area contributed by atoms with Crippen molar-refractivity contribution in [2.24, 2.45) is 5.92 Å². The molecule has 2 atom stereocenters. The van der Waals surface area contributed by atoms with Crippen LogP contribution in [0.4, 0.5) is 4.79 Å². The number of aliphatic hydroxyl groups is 1. The van der Waals surface area contributed by atoms with Crippen LogP contribution in [0.3, 0.4) is 0 Å². The summed E-state index contributed by atoms with van der Waals surface area (Å²) in [5.74, 6) is 1.03. The predicted molar refractivity (Wildman–Crippen MR) is 81.6 cm³/mol. The van der Waals surface area contributed by atoms with Crippen LogP contribution < -0.4 is 15.4 Å². The smallest absolute Gasteiger partial charge is 0.315 e. The SMILES string of the molecule is CC(CO)C(C)NC(=O)NCCc1ccc2c(c1)CCO2. The molecule has 0 aliphatic carbocycles. The molecule has 1 aliphatic heterocycles. The van der Waals surface area contributed by atoms with E-state index in [4.69, 9.17) is 9.84 Å². The van der Waals surface area contributed by atoms with Crippen LogP contribution >= 0.6 is 0 Å². The van der Waals surface area contributed by atoms with E-state index in [1.807, 2.05) is 26.0 Å². The maximum Gasteiger partial charge on any atom is 0.315 e. The zero-order valence-electron chi connectivity index (χ0n) is 12.7. The molecular weight excluding hydrogens is 268 g/mol. The Morgan fingerprint density at radius 1 is 1.43 bits per heavy atom. The molecular formula is C16H24N2O3. The van der Waals surface area contributed by atoms with E-state index in [0.717, 1.165) is 25.2 Å². The number of ether oxygens (including phenoxy) is 1. The van der Waals surface area contributed by atoms with Crippen molar-refractivity contribution in [3.63, 3.8) is 0 Å². The summed E-state index contributed by atoms with van der Waals surface area (Å²) in [7, 11) is 0. The maximum absolute atomic E-state index is 11.7. The van der Waals surface area contributed by atoms with Gasteiger partial charge in [-0.05, 0) is 36.5 Å². The molecule has 0 radical (unpaired) electrons. The van der Waals surface area contributed by atoms with Gasteiger partial charge in [-0.2, -0.15) is 0 Å². The number of urea groups is 1. The lowest BCUT2D eigenvalue weighted by atomic mass is 10.1. The van der Waals surface area contributed by atoms with Crippen LogP contribution in [0.25, 0.3) is 0 Å². The lowest BCUT2D eigenvalue weighted by Gasteiger charge is -2.19. The lowest BCUT2D eigenvalue weighted by molar-refractivity contribution is 0.200. The van der Waals surface area contributed by atoms with Crippen LogP contribution in [-0.2, 0) is 12.8 Å². The van der Waals surface area contributed by atoms with Crippen LogP contribution in [-0.4, -0.2) is 36.9 Å². The highest BCUT2D eigenvalue weighted by atomic mass is 16.5. The van der Waals surface area contributed by atoms with Crippen LogP contribution in [0, 0.1) is 5.92 Å². The summed E-state index contributed by atoms with van der Waals surface area (Å²) in [5, 5.41) is 14.7. The minimum absolute atomic E-state index is 0.0486. The minimum atomic E-state index is -0.188. The summed E-state index contributed by atoms with van der Waals surface area (Å²) in [4.78, 5) is 11.7. The van der Waals surface area contributed by atoms with Gasteiger partial charge in [0.1, 0.15) is 5.75 Å². The van der Waals surface area contributed by atoms with Crippen LogP contribution in [0.5, 0.6) is 5.75 Å². The first-order chi connectivity index (χ1) is 10.1. The fourth-order valence-electron chi connectivity index (χ4n) is 2.27. The van der Waals surface area contributed by atoms with Crippen LogP contribution in [0.2, 0.25) is 0 Å². The first-order valence-corrected chi connectivity index (χ1v) is 7.50. The van der Waals surface area contributed by atoms with Crippen LogP contribution in [0.1, 0.15) is 25.0 Å². The van der Waals surface area contributed by atoms with Crippen molar-refractivity contribution in [1.82, 2.24) is 10.6 Å². The number of rotatable bonds is 6. The summed E-state index contributed by atoms with van der Waals surface area (Å²) in [6.45, 7) is 5.21. The third-order valence-electron chi connectivity index (χ3n) is 3.95. The molecule has 1 aromatic rings. The van der Waals surface area contributed by atoms with Gasteiger partial charge in [-0.15, -0.1) is 0 Å². The lowest BCUT2D eigenvalue weighted by Crippen LogP contribution is -2.44. The highest BCUT2D eigenvalue weighted by molar-refractivity contribution is 5.74. The van der Waals surface area contributed by atoms with Gasteiger partial charge in [0.15, 0.2) is 0 Å². The highest BCUT2D eigenvalue weighted by Crippen LogP contribution is 2.25. The van der Waals surface area contributed by atoms with E-state index in [2.05, 4.69) is 16.7 Å². The number of carbonyl (C=O) groups excluding carboxylic acids is 1. The van der Waals surface area contributed by atoms with Gasteiger partial charge in [0.25, 0.3) is 0 Å². The molecule has 1 aliphatic rings. The number of nitrogens with one attached hydrogen (secondary N) is 2. The van der Waals surface area contributed by atoms with Gasteiger partial charge in [0.2, 0.25) is 0 Å². The number of fused-ring (bicyclic) bond motifs is 1. The molecule has 0 fully saturated rings. The molecule has 5 nitrogen and oxygen atoms in total. The molecule has 0 spiro atoms. The number of amides is 2. The van der Waals surface area contributed by atoms with Gasteiger partial charge < -0.3 is 20.5 Å². The Morgan fingerprint density at radius 3 is 3.00 bits per heavy atom. The van der Waals surface area contributed by atoms with Crippen LogP contribution in [0.15, 0.2) is 18.2 Å². The van der Waals surface area contributed by atoms with E-state index in [1.54, 1.807) is 0 Å². The summed E-state index contributed by atoms with van der Waals surface area (Å²) in [6, 6.07) is 5.96. The molecule has 1 heterocycles. The number of benzene rings is 1. The van der Waals surface area contributed by atoms with E-state index in [-0.39, 0.29) is 24.6 Å². The van der Waals surface area contributed by atoms with E-state index in [9.17, 15) is 4.79 Å². The van der Waals surface area contributed by atoms with Gasteiger partial charge in [-0.3, -0.25) is 0 Å². The molecule has 0 bridgehead atoms. The van der Waals surface area contributed by atoms with E-state index >= 15 is 0 Å². The van der Waals surface area contributed by atoms with Crippen molar-refractivity contribution in [3.05, 3.63) is 29.3 Å². The number of hydrogen-bond donors (Lipinski definition) is 3. The van der Waals surface area contributed by atoms with Gasteiger partial charge in [0, 0.05) is 25.6 Å². The molecule has 0 saturated carbocycles. The van der Waals surface area contributed by atoms with Gasteiger partial charge in [-0.1, -0.05) is 19.1 Å². The summed E-state index contributed by atoms with van der Waals surface area (Å²) in [5.41, 5.74) is 2.46. The number of hydrogen-bond acceptors (Lipinski definition) is 3. The number of carbonyl (C=O) groups is 1. The van der Waals surface area contributed by atoms with E-state index < -0.39 is 0 Å². The van der Waals surface area contributed by atoms with Crippen molar-refractivity contribution in [3.8, 4) is 5.75 Å². The monoisotopic (exact) mass is 292 g/mol. The Bertz CT molecular complexity index is 490. The Kier molecular flexibility index (Phi) is 5.44. The first kappa shape index (κ1) is 15.6. The van der Waals surface area contributed by atoms with E-state index in [1.165, 1.54) is 11.1 Å². The summed E-state index contributed by atoms with van der Waals surface area (Å²) < 4.78 is 5.47. The molecule has 5 heteroatoms. The van der Waals surface area contributed by atoms with Gasteiger partial charge in [0.05, 0.1) is 6.61 Å². The van der Waals surface area contributed by atoms with E-state index in [0.29, 0.717) is 6.54 Å². The highest BCUT2D eigenvalue weighted by Gasteiger charge is 2.14. The fraction of sp³-hybridized carbons (Fsp3) is 0.562. The summed E-state index contributed by atoms with van der Waals surface area (Å²) in [6.07, 6.45) is 1.76. The predicted octanol–water partition coefficient (Wildman–Crippen LogP) is 1.48. The number of aliphatic hydroxyl groups excluding tert-OH is 1. The van der Waals surface area contributed by atoms with Gasteiger partial charge >= 0.3 is 6.03 Å². The zero-order valence-corrected chi connectivity index (χ0v) is 12.7. The normalized spacial score (nSPS) is 15.8. The third kappa shape index (κ3) is 4.36. The Hall–Kier alpha value is -1.75. The maximum atomic E-state index is 11.7. The second-order valence-electron chi connectivity index (χ2n) is 5.64. The standard InChI is InChI=1S/C16H24N2O3/c1-11(10-19)12(2)18-16(20)17-7-5-13-3-4-15-14(9-13)6-8-21-15/h3-4,9,11-12,19H,5-8,10H2,1-2H3,(H2,17,18,20). The molecule has 2 rings (SSSR count). The molecule has 2 amide bonds. The molecule has 3 N–H and O–H groups in total. The zero-order chi connectivity index (χ0) is 15.2. The second kappa shape index (κ2) is 7.31. The topological polar surface area (TPSA) is 70.6 Å².